The van der Waals surface area contributed by atoms with Gasteiger partial charge in [0.05, 0.1) is 20.8 Å². The van der Waals surface area contributed by atoms with Gasteiger partial charge in [0.1, 0.15) is 0 Å². The zero-order valence-electron chi connectivity index (χ0n) is 14.0. The van der Waals surface area contributed by atoms with Crippen LogP contribution < -0.4 is 20.1 Å². The first kappa shape index (κ1) is 17.7. The predicted octanol–water partition coefficient (Wildman–Crippen LogP) is 1.55. The van der Waals surface area contributed by atoms with Crippen LogP contribution in [0.15, 0.2) is 42.7 Å². The number of hydrogen-bond acceptors (Lipinski definition) is 5. The van der Waals surface area contributed by atoms with Gasteiger partial charge in [-0.2, -0.15) is 0 Å². The van der Waals surface area contributed by atoms with Gasteiger partial charge in [-0.25, -0.2) is 0 Å². The van der Waals surface area contributed by atoms with E-state index in [0.717, 1.165) is 17.5 Å². The molecule has 24 heavy (non-hydrogen) atoms. The molecule has 0 aliphatic rings. The molecule has 1 aromatic carbocycles. The van der Waals surface area contributed by atoms with Gasteiger partial charge in [0, 0.05) is 25.5 Å². The van der Waals surface area contributed by atoms with E-state index >= 15 is 0 Å². The molecule has 0 unspecified atom stereocenters. The van der Waals surface area contributed by atoms with Crippen molar-refractivity contribution < 1.29 is 14.3 Å². The molecule has 0 fully saturated rings. The lowest BCUT2D eigenvalue weighted by Crippen LogP contribution is -2.34. The van der Waals surface area contributed by atoms with Crippen LogP contribution in [0.3, 0.4) is 0 Å². The van der Waals surface area contributed by atoms with Crippen molar-refractivity contribution in [1.82, 2.24) is 15.6 Å². The van der Waals surface area contributed by atoms with Gasteiger partial charge in [-0.3, -0.25) is 9.78 Å². The Bertz CT molecular complexity index is 647. The van der Waals surface area contributed by atoms with E-state index in [4.69, 9.17) is 9.47 Å². The Kier molecular flexibility index (Phi) is 7.04. The minimum absolute atomic E-state index is 0.0236. The third-order valence-corrected chi connectivity index (χ3v) is 3.55. The van der Waals surface area contributed by atoms with E-state index in [2.05, 4.69) is 15.6 Å². The molecule has 1 aromatic heterocycles. The molecule has 0 saturated heterocycles. The summed E-state index contributed by atoms with van der Waals surface area (Å²) in [6.07, 6.45) is 4.21. The normalized spacial score (nSPS) is 10.2. The maximum atomic E-state index is 11.8. The molecule has 2 N–H and O–H groups in total. The van der Waals surface area contributed by atoms with Crippen molar-refractivity contribution in [2.75, 3.05) is 27.3 Å². The van der Waals surface area contributed by atoms with E-state index in [1.54, 1.807) is 26.6 Å². The molecular weight excluding hydrogens is 306 g/mol. The highest BCUT2D eigenvalue weighted by Gasteiger charge is 2.05. The molecule has 0 saturated carbocycles. The number of hydrogen-bond donors (Lipinski definition) is 2. The Morgan fingerprint density at radius 3 is 2.50 bits per heavy atom. The maximum Gasteiger partial charge on any atom is 0.233 e. The number of carbonyl (C=O) groups excluding carboxylic acids is 1. The van der Waals surface area contributed by atoms with Crippen LogP contribution in [-0.4, -0.2) is 38.2 Å². The molecule has 0 radical (unpaired) electrons. The lowest BCUT2D eigenvalue weighted by Gasteiger charge is -2.10. The van der Waals surface area contributed by atoms with Crippen molar-refractivity contribution in [3.05, 3.63) is 53.9 Å². The fourth-order valence-corrected chi connectivity index (χ4v) is 2.27. The van der Waals surface area contributed by atoms with Crippen LogP contribution in [0.1, 0.15) is 11.1 Å². The molecular formula is C18H23N3O3. The van der Waals surface area contributed by atoms with Crippen molar-refractivity contribution in [2.45, 2.75) is 13.0 Å². The molecule has 0 spiro atoms. The van der Waals surface area contributed by atoms with Gasteiger partial charge in [0.2, 0.25) is 5.91 Å². The minimum atomic E-state index is -0.0236. The molecule has 6 nitrogen and oxygen atoms in total. The lowest BCUT2D eigenvalue weighted by atomic mass is 10.1. The molecule has 0 atom stereocenters. The second-order valence-electron chi connectivity index (χ2n) is 5.25. The summed E-state index contributed by atoms with van der Waals surface area (Å²) in [4.78, 5) is 15.8. The van der Waals surface area contributed by atoms with Crippen LogP contribution in [0.25, 0.3) is 0 Å². The summed E-state index contributed by atoms with van der Waals surface area (Å²) in [5.41, 5.74) is 2.18. The SMILES string of the molecule is COc1ccc(CCNC(=O)CNCc2ccncc2)cc1OC. The summed E-state index contributed by atoms with van der Waals surface area (Å²) in [7, 11) is 3.22. The maximum absolute atomic E-state index is 11.8. The van der Waals surface area contributed by atoms with Crippen LogP contribution in [-0.2, 0) is 17.8 Å². The Balaban J connectivity index is 1.69. The van der Waals surface area contributed by atoms with Gasteiger partial charge in [0.15, 0.2) is 11.5 Å². The summed E-state index contributed by atoms with van der Waals surface area (Å²) in [6, 6.07) is 9.60. The van der Waals surface area contributed by atoms with Crippen LogP contribution in [0.2, 0.25) is 0 Å². The summed E-state index contributed by atoms with van der Waals surface area (Å²) in [5.74, 6) is 1.37. The largest absolute Gasteiger partial charge is 0.493 e. The van der Waals surface area contributed by atoms with E-state index in [1.165, 1.54) is 0 Å². The highest BCUT2D eigenvalue weighted by atomic mass is 16.5. The first-order valence-electron chi connectivity index (χ1n) is 7.80. The molecule has 1 amide bonds. The van der Waals surface area contributed by atoms with E-state index in [9.17, 15) is 4.79 Å². The Hall–Kier alpha value is -2.60. The van der Waals surface area contributed by atoms with Gasteiger partial charge < -0.3 is 20.1 Å². The molecule has 2 aromatic rings. The van der Waals surface area contributed by atoms with Crippen molar-refractivity contribution in [3.63, 3.8) is 0 Å². The Morgan fingerprint density at radius 1 is 1.04 bits per heavy atom. The fourth-order valence-electron chi connectivity index (χ4n) is 2.27. The number of nitrogens with zero attached hydrogens (tertiary/aromatic N) is 1. The monoisotopic (exact) mass is 329 g/mol. The van der Waals surface area contributed by atoms with Crippen molar-refractivity contribution in [3.8, 4) is 11.5 Å². The van der Waals surface area contributed by atoms with E-state index in [-0.39, 0.29) is 12.5 Å². The highest BCUT2D eigenvalue weighted by Crippen LogP contribution is 2.27. The first-order chi connectivity index (χ1) is 11.7. The quantitative estimate of drug-likeness (QED) is 0.730. The molecule has 6 heteroatoms. The van der Waals surface area contributed by atoms with Crippen LogP contribution in [0, 0.1) is 0 Å². The highest BCUT2D eigenvalue weighted by molar-refractivity contribution is 5.77. The summed E-state index contributed by atoms with van der Waals surface area (Å²) in [5, 5.41) is 6.00. The zero-order valence-corrected chi connectivity index (χ0v) is 14.0. The van der Waals surface area contributed by atoms with Gasteiger partial charge in [-0.1, -0.05) is 6.07 Å². The first-order valence-corrected chi connectivity index (χ1v) is 7.80. The number of nitrogens with one attached hydrogen (secondary N) is 2. The average molecular weight is 329 g/mol. The second kappa shape index (κ2) is 9.52. The van der Waals surface area contributed by atoms with E-state index < -0.39 is 0 Å². The van der Waals surface area contributed by atoms with Crippen molar-refractivity contribution in [1.29, 1.82) is 0 Å². The van der Waals surface area contributed by atoms with E-state index in [0.29, 0.717) is 24.6 Å². The van der Waals surface area contributed by atoms with Crippen LogP contribution in [0.4, 0.5) is 0 Å². The standard InChI is InChI=1S/C18H23N3O3/c1-23-16-4-3-14(11-17(16)24-2)7-10-21-18(22)13-20-12-15-5-8-19-9-6-15/h3-6,8-9,11,20H,7,10,12-13H2,1-2H3,(H,21,22). The topological polar surface area (TPSA) is 72.5 Å². The lowest BCUT2D eigenvalue weighted by molar-refractivity contribution is -0.120. The molecule has 0 aliphatic heterocycles. The molecule has 1 heterocycles. The third kappa shape index (κ3) is 5.55. The van der Waals surface area contributed by atoms with Gasteiger partial charge in [0.25, 0.3) is 0 Å². The van der Waals surface area contributed by atoms with Crippen molar-refractivity contribution >= 4 is 5.91 Å². The van der Waals surface area contributed by atoms with Gasteiger partial charge >= 0.3 is 0 Å². The summed E-state index contributed by atoms with van der Waals surface area (Å²) >= 11 is 0. The Labute approximate surface area is 142 Å². The van der Waals surface area contributed by atoms with Gasteiger partial charge in [-0.15, -0.1) is 0 Å². The number of rotatable bonds is 9. The van der Waals surface area contributed by atoms with Crippen LogP contribution >= 0.6 is 0 Å². The molecule has 128 valence electrons. The molecule has 0 bridgehead atoms. The average Bonchev–Trinajstić information content (AvgIpc) is 2.62. The number of aromatic nitrogens is 1. The van der Waals surface area contributed by atoms with Gasteiger partial charge in [-0.05, 0) is 41.8 Å². The smallest absolute Gasteiger partial charge is 0.233 e. The summed E-state index contributed by atoms with van der Waals surface area (Å²) < 4.78 is 10.5. The third-order valence-electron chi connectivity index (χ3n) is 3.55. The fraction of sp³-hybridized carbons (Fsp3) is 0.333. The minimum Gasteiger partial charge on any atom is -0.493 e. The number of ether oxygens (including phenoxy) is 2. The van der Waals surface area contributed by atoms with Crippen molar-refractivity contribution in [2.24, 2.45) is 0 Å². The second-order valence-corrected chi connectivity index (χ2v) is 5.25. The number of methoxy groups -OCH3 is 2. The number of carbonyl (C=O) groups is 1. The number of pyridine rings is 1. The number of benzene rings is 1. The Morgan fingerprint density at radius 2 is 1.79 bits per heavy atom. The predicted molar refractivity (Wildman–Crippen MR) is 92.2 cm³/mol. The molecule has 2 rings (SSSR count). The zero-order chi connectivity index (χ0) is 17.2. The molecule has 0 aliphatic carbocycles. The van der Waals surface area contributed by atoms with E-state index in [1.807, 2.05) is 30.3 Å². The summed E-state index contributed by atoms with van der Waals surface area (Å²) in [6.45, 7) is 1.51. The van der Waals surface area contributed by atoms with Crippen LogP contribution in [0.5, 0.6) is 11.5 Å². The number of amides is 1.